The molecule has 1 aliphatic rings. The minimum Gasteiger partial charge on any atom is -0.326 e. The van der Waals surface area contributed by atoms with Gasteiger partial charge in [-0.1, -0.05) is 19.4 Å². The van der Waals surface area contributed by atoms with Crippen LogP contribution in [0.4, 0.5) is 0 Å². The van der Waals surface area contributed by atoms with E-state index in [4.69, 9.17) is 0 Å². The van der Waals surface area contributed by atoms with Gasteiger partial charge in [-0.25, -0.2) is 0 Å². The van der Waals surface area contributed by atoms with Crippen LogP contribution in [0.5, 0.6) is 0 Å². The van der Waals surface area contributed by atoms with Gasteiger partial charge in [-0.05, 0) is 26.4 Å². The van der Waals surface area contributed by atoms with Crippen molar-refractivity contribution in [1.82, 2.24) is 9.21 Å². The lowest BCUT2D eigenvalue weighted by molar-refractivity contribution is 0.220. The molecule has 1 aliphatic heterocycles. The predicted molar refractivity (Wildman–Crippen MR) is 56.1 cm³/mol. The Kier molecular flexibility index (Phi) is 3.47. The third kappa shape index (κ3) is 2.42. The molecule has 1 fully saturated rings. The number of rotatable bonds is 2. The summed E-state index contributed by atoms with van der Waals surface area (Å²) in [5.74, 6) is 0.603. The summed E-state index contributed by atoms with van der Waals surface area (Å²) in [6.07, 6.45) is 2.54. The normalized spacial score (nSPS) is 25.4. The highest BCUT2D eigenvalue weighted by atomic mass is 32.1. The molecule has 0 spiro atoms. The van der Waals surface area contributed by atoms with Crippen molar-refractivity contribution in [3.63, 3.8) is 0 Å². The molecule has 2 nitrogen and oxygen atoms in total. The monoisotopic (exact) mass is 186 g/mol. The molecule has 0 saturated carbocycles. The lowest BCUT2D eigenvalue weighted by Crippen LogP contribution is -2.34. The number of piperidine rings is 1. The predicted octanol–water partition coefficient (Wildman–Crippen LogP) is 1.62. The molecule has 0 aromatic carbocycles. The standard InChI is InChI=1S/C9H18N2S/c1-8(11(3)12)9-5-4-6-10(2)7-9/h9,12H,1,4-7H2,2-3H3. The molecule has 0 aromatic heterocycles. The van der Waals surface area contributed by atoms with Crippen LogP contribution in [0.1, 0.15) is 12.8 Å². The zero-order valence-electron chi connectivity index (χ0n) is 7.95. The summed E-state index contributed by atoms with van der Waals surface area (Å²) >= 11 is 4.25. The van der Waals surface area contributed by atoms with E-state index in [0.717, 1.165) is 12.2 Å². The third-order valence-corrected chi connectivity index (χ3v) is 2.77. The summed E-state index contributed by atoms with van der Waals surface area (Å²) < 4.78 is 1.84. The highest BCUT2D eigenvalue weighted by molar-refractivity contribution is 7.77. The average Bonchev–Trinajstić information content (AvgIpc) is 2.03. The number of nitrogens with zero attached hydrogens (tertiary/aromatic N) is 2. The van der Waals surface area contributed by atoms with Crippen molar-refractivity contribution in [3.05, 3.63) is 12.3 Å². The van der Waals surface area contributed by atoms with E-state index >= 15 is 0 Å². The van der Waals surface area contributed by atoms with Crippen molar-refractivity contribution in [1.29, 1.82) is 0 Å². The molecule has 12 heavy (non-hydrogen) atoms. The molecule has 0 N–H and O–H groups in total. The van der Waals surface area contributed by atoms with E-state index in [1.807, 2.05) is 11.4 Å². The van der Waals surface area contributed by atoms with Crippen LogP contribution in [-0.2, 0) is 0 Å². The second-order valence-corrected chi connectivity index (χ2v) is 4.22. The molecule has 1 atom stereocenters. The zero-order valence-corrected chi connectivity index (χ0v) is 8.85. The summed E-state index contributed by atoms with van der Waals surface area (Å²) in [6.45, 7) is 6.39. The molecular weight excluding hydrogens is 168 g/mol. The lowest BCUT2D eigenvalue weighted by atomic mass is 9.96. The molecule has 0 aromatic rings. The van der Waals surface area contributed by atoms with Gasteiger partial charge in [0, 0.05) is 25.2 Å². The van der Waals surface area contributed by atoms with Crippen molar-refractivity contribution in [2.24, 2.45) is 5.92 Å². The molecule has 1 heterocycles. The molecular formula is C9H18N2S. The highest BCUT2D eigenvalue weighted by Crippen LogP contribution is 2.23. The summed E-state index contributed by atoms with van der Waals surface area (Å²) in [6, 6.07) is 0. The Balaban J connectivity index is 2.46. The molecule has 1 saturated heterocycles. The van der Waals surface area contributed by atoms with E-state index in [1.165, 1.54) is 19.4 Å². The van der Waals surface area contributed by atoms with Crippen LogP contribution in [-0.4, -0.2) is 36.4 Å². The maximum Gasteiger partial charge on any atom is 0.0207 e. The first kappa shape index (κ1) is 9.93. The molecule has 0 amide bonds. The third-order valence-electron chi connectivity index (χ3n) is 2.51. The van der Waals surface area contributed by atoms with Gasteiger partial charge in [0.05, 0.1) is 0 Å². The maximum absolute atomic E-state index is 4.25. The Morgan fingerprint density at radius 1 is 1.67 bits per heavy atom. The van der Waals surface area contributed by atoms with E-state index in [1.54, 1.807) is 0 Å². The van der Waals surface area contributed by atoms with E-state index < -0.39 is 0 Å². The summed E-state index contributed by atoms with van der Waals surface area (Å²) in [5.41, 5.74) is 1.14. The van der Waals surface area contributed by atoms with Crippen molar-refractivity contribution >= 4 is 12.8 Å². The van der Waals surface area contributed by atoms with E-state index in [9.17, 15) is 0 Å². The zero-order chi connectivity index (χ0) is 9.14. The van der Waals surface area contributed by atoms with Gasteiger partial charge in [0.1, 0.15) is 0 Å². The van der Waals surface area contributed by atoms with Gasteiger partial charge >= 0.3 is 0 Å². The quantitative estimate of drug-likeness (QED) is 0.655. The fourth-order valence-corrected chi connectivity index (χ4v) is 1.87. The minimum absolute atomic E-state index is 0.603. The molecule has 70 valence electrons. The fraction of sp³-hybridized carbons (Fsp3) is 0.778. The van der Waals surface area contributed by atoms with Crippen LogP contribution in [0, 0.1) is 5.92 Å². The van der Waals surface area contributed by atoms with Crippen molar-refractivity contribution in [2.75, 3.05) is 27.2 Å². The maximum atomic E-state index is 4.25. The number of likely N-dealkylation sites (tertiary alicyclic amines) is 1. The van der Waals surface area contributed by atoms with Crippen LogP contribution >= 0.6 is 12.8 Å². The van der Waals surface area contributed by atoms with Crippen LogP contribution in [0.3, 0.4) is 0 Å². The smallest absolute Gasteiger partial charge is 0.0207 e. The van der Waals surface area contributed by atoms with Crippen LogP contribution in [0.25, 0.3) is 0 Å². The summed E-state index contributed by atoms with van der Waals surface area (Å²) in [7, 11) is 4.11. The van der Waals surface area contributed by atoms with Gasteiger partial charge < -0.3 is 9.21 Å². The first-order chi connectivity index (χ1) is 5.61. The second kappa shape index (κ2) is 4.19. The average molecular weight is 186 g/mol. The van der Waals surface area contributed by atoms with Crippen molar-refractivity contribution in [2.45, 2.75) is 12.8 Å². The molecule has 0 radical (unpaired) electrons. The highest BCUT2D eigenvalue weighted by Gasteiger charge is 2.20. The summed E-state index contributed by atoms with van der Waals surface area (Å²) in [5, 5.41) is 0. The first-order valence-electron chi connectivity index (χ1n) is 4.41. The number of hydrogen-bond donors (Lipinski definition) is 1. The van der Waals surface area contributed by atoms with Crippen LogP contribution in [0.15, 0.2) is 12.3 Å². The van der Waals surface area contributed by atoms with Gasteiger partial charge in [-0.15, -0.1) is 0 Å². The van der Waals surface area contributed by atoms with E-state index in [0.29, 0.717) is 5.92 Å². The molecule has 1 rings (SSSR count). The molecule has 3 heteroatoms. The SMILES string of the molecule is C=C(C1CCCN(C)C1)N(C)S. The van der Waals surface area contributed by atoms with Gasteiger partial charge in [-0.2, -0.15) is 0 Å². The first-order valence-corrected chi connectivity index (χ1v) is 4.81. The van der Waals surface area contributed by atoms with Gasteiger partial charge in [0.15, 0.2) is 0 Å². The Bertz CT molecular complexity index is 168. The van der Waals surface area contributed by atoms with Gasteiger partial charge in [-0.3, -0.25) is 0 Å². The van der Waals surface area contributed by atoms with E-state index in [2.05, 4.69) is 31.3 Å². The Labute approximate surface area is 80.8 Å². The van der Waals surface area contributed by atoms with Crippen molar-refractivity contribution < 1.29 is 0 Å². The number of thiol groups is 1. The second-order valence-electron chi connectivity index (χ2n) is 3.62. The lowest BCUT2D eigenvalue weighted by Gasteiger charge is -2.32. The number of hydrogen-bond acceptors (Lipinski definition) is 3. The molecule has 0 aliphatic carbocycles. The van der Waals surface area contributed by atoms with E-state index in [-0.39, 0.29) is 0 Å². The fourth-order valence-electron chi connectivity index (χ4n) is 1.70. The Morgan fingerprint density at radius 2 is 2.33 bits per heavy atom. The Morgan fingerprint density at radius 3 is 2.83 bits per heavy atom. The topological polar surface area (TPSA) is 6.48 Å². The van der Waals surface area contributed by atoms with Gasteiger partial charge in [0.25, 0.3) is 0 Å². The van der Waals surface area contributed by atoms with Crippen LogP contribution in [0.2, 0.25) is 0 Å². The molecule has 1 unspecified atom stereocenters. The van der Waals surface area contributed by atoms with Gasteiger partial charge in [0.2, 0.25) is 0 Å². The van der Waals surface area contributed by atoms with Crippen LogP contribution < -0.4 is 0 Å². The Hall–Kier alpha value is -0.150. The summed E-state index contributed by atoms with van der Waals surface area (Å²) in [4.78, 5) is 2.36. The largest absolute Gasteiger partial charge is 0.326 e. The minimum atomic E-state index is 0.603. The van der Waals surface area contributed by atoms with Crippen molar-refractivity contribution in [3.8, 4) is 0 Å². The molecule has 0 bridgehead atoms.